The number of amides is 1. The smallest absolute Gasteiger partial charge is 0.411 e. The Balaban J connectivity index is 2.95. The van der Waals surface area contributed by atoms with E-state index in [4.69, 9.17) is 9.47 Å². The van der Waals surface area contributed by atoms with Crippen molar-refractivity contribution in [2.45, 2.75) is 51.7 Å². The van der Waals surface area contributed by atoms with Gasteiger partial charge in [-0.25, -0.2) is 9.59 Å². The predicted octanol–water partition coefficient (Wildman–Crippen LogP) is 1.52. The Bertz CT molecular complexity index is 374. The quantitative estimate of drug-likeness (QED) is 0.442. The fourth-order valence-electron chi connectivity index (χ4n) is 2.05. The second-order valence-electron chi connectivity index (χ2n) is 5.50. The molecule has 1 amide bonds. The summed E-state index contributed by atoms with van der Waals surface area (Å²) < 4.78 is 10.1. The number of carbonyl (C=O) groups is 3. The standard InChI is InChI=1S/C13H21NO5/c1-5-18-10(16)13(9-15)7-6-8-14(13)11(17)19-12(2,3)4/h9H,5-8H2,1-4H3. The average Bonchev–Trinajstić information content (AvgIpc) is 2.71. The maximum atomic E-state index is 12.1. The van der Waals surface area contributed by atoms with Gasteiger partial charge in [0.25, 0.3) is 0 Å². The molecule has 1 heterocycles. The van der Waals surface area contributed by atoms with Crippen molar-refractivity contribution in [3.05, 3.63) is 0 Å². The Hall–Kier alpha value is -1.59. The highest BCUT2D eigenvalue weighted by Crippen LogP contribution is 2.30. The summed E-state index contributed by atoms with van der Waals surface area (Å²) in [5.41, 5.74) is -2.21. The lowest BCUT2D eigenvalue weighted by molar-refractivity contribution is -0.157. The van der Waals surface area contributed by atoms with E-state index < -0.39 is 23.2 Å². The largest absolute Gasteiger partial charge is 0.464 e. The van der Waals surface area contributed by atoms with Crippen LogP contribution in [0.4, 0.5) is 4.79 Å². The molecule has 1 aliphatic rings. The summed E-state index contributed by atoms with van der Waals surface area (Å²) in [5.74, 6) is -0.687. The van der Waals surface area contributed by atoms with Gasteiger partial charge in [-0.3, -0.25) is 4.90 Å². The van der Waals surface area contributed by atoms with E-state index in [2.05, 4.69) is 0 Å². The minimum atomic E-state index is -1.53. The molecular formula is C13H21NO5. The summed E-state index contributed by atoms with van der Waals surface area (Å²) in [6, 6.07) is 0. The van der Waals surface area contributed by atoms with Gasteiger partial charge >= 0.3 is 12.1 Å². The van der Waals surface area contributed by atoms with Crippen LogP contribution in [0.2, 0.25) is 0 Å². The van der Waals surface area contributed by atoms with Gasteiger partial charge in [0.1, 0.15) is 5.60 Å². The molecule has 6 nitrogen and oxygen atoms in total. The third-order valence-electron chi connectivity index (χ3n) is 2.86. The van der Waals surface area contributed by atoms with Gasteiger partial charge in [-0.2, -0.15) is 0 Å². The van der Waals surface area contributed by atoms with Crippen LogP contribution in [-0.2, 0) is 19.1 Å². The molecule has 19 heavy (non-hydrogen) atoms. The van der Waals surface area contributed by atoms with E-state index in [1.54, 1.807) is 27.7 Å². The molecule has 1 atom stereocenters. The molecule has 1 saturated heterocycles. The van der Waals surface area contributed by atoms with Crippen molar-refractivity contribution in [1.29, 1.82) is 0 Å². The highest BCUT2D eigenvalue weighted by Gasteiger charge is 2.52. The fraction of sp³-hybridized carbons (Fsp3) is 0.769. The number of nitrogens with zero attached hydrogens (tertiary/aromatic N) is 1. The maximum Gasteiger partial charge on any atom is 0.411 e. The number of hydrogen-bond acceptors (Lipinski definition) is 5. The monoisotopic (exact) mass is 271 g/mol. The maximum absolute atomic E-state index is 12.1. The highest BCUT2D eigenvalue weighted by atomic mass is 16.6. The number of hydrogen-bond donors (Lipinski definition) is 0. The van der Waals surface area contributed by atoms with Crippen LogP contribution in [0.25, 0.3) is 0 Å². The van der Waals surface area contributed by atoms with Crippen LogP contribution in [0.3, 0.4) is 0 Å². The average molecular weight is 271 g/mol. The van der Waals surface area contributed by atoms with E-state index in [1.165, 1.54) is 4.90 Å². The van der Waals surface area contributed by atoms with E-state index in [0.717, 1.165) is 0 Å². The number of rotatable bonds is 3. The van der Waals surface area contributed by atoms with Gasteiger partial charge in [0.2, 0.25) is 0 Å². The van der Waals surface area contributed by atoms with Gasteiger partial charge < -0.3 is 14.3 Å². The van der Waals surface area contributed by atoms with Crippen LogP contribution >= 0.6 is 0 Å². The van der Waals surface area contributed by atoms with Gasteiger partial charge in [-0.1, -0.05) is 0 Å². The van der Waals surface area contributed by atoms with Crippen molar-refractivity contribution >= 4 is 18.3 Å². The Morgan fingerprint density at radius 1 is 1.37 bits per heavy atom. The first-order valence-electron chi connectivity index (χ1n) is 6.41. The molecule has 0 N–H and O–H groups in total. The molecule has 6 heteroatoms. The van der Waals surface area contributed by atoms with Crippen molar-refractivity contribution in [3.8, 4) is 0 Å². The summed E-state index contributed by atoms with van der Waals surface area (Å²) >= 11 is 0. The normalized spacial score (nSPS) is 23.1. The van der Waals surface area contributed by atoms with E-state index in [1.807, 2.05) is 0 Å². The summed E-state index contributed by atoms with van der Waals surface area (Å²) in [6.07, 6.45) is 0.665. The highest BCUT2D eigenvalue weighted by molar-refractivity contribution is 6.01. The first-order chi connectivity index (χ1) is 8.77. The molecule has 1 fully saturated rings. The van der Waals surface area contributed by atoms with E-state index in [9.17, 15) is 14.4 Å². The zero-order valence-electron chi connectivity index (χ0n) is 11.9. The lowest BCUT2D eigenvalue weighted by Crippen LogP contribution is -2.56. The molecule has 0 aromatic rings. The number of aldehydes is 1. The topological polar surface area (TPSA) is 72.9 Å². The van der Waals surface area contributed by atoms with Gasteiger partial charge in [-0.05, 0) is 40.5 Å². The molecular weight excluding hydrogens is 250 g/mol. The van der Waals surface area contributed by atoms with Gasteiger partial charge in [0, 0.05) is 6.54 Å². The van der Waals surface area contributed by atoms with E-state index in [0.29, 0.717) is 19.3 Å². The van der Waals surface area contributed by atoms with Crippen molar-refractivity contribution in [1.82, 2.24) is 4.90 Å². The number of likely N-dealkylation sites (tertiary alicyclic amines) is 1. The SMILES string of the molecule is CCOC(=O)C1(C=O)CCCN1C(=O)OC(C)(C)C. The van der Waals surface area contributed by atoms with Gasteiger partial charge in [0.15, 0.2) is 11.8 Å². The molecule has 0 aromatic carbocycles. The third-order valence-corrected chi connectivity index (χ3v) is 2.86. The molecule has 0 spiro atoms. The van der Waals surface area contributed by atoms with Crippen LogP contribution in [0.5, 0.6) is 0 Å². The van der Waals surface area contributed by atoms with E-state index in [-0.39, 0.29) is 13.0 Å². The minimum absolute atomic E-state index is 0.163. The second kappa shape index (κ2) is 5.59. The number of esters is 1. The molecule has 1 unspecified atom stereocenters. The summed E-state index contributed by atoms with van der Waals surface area (Å²) in [4.78, 5) is 36.6. The van der Waals surface area contributed by atoms with Gasteiger partial charge in [0.05, 0.1) is 6.61 Å². The van der Waals surface area contributed by atoms with Crippen molar-refractivity contribution in [3.63, 3.8) is 0 Å². The molecule has 1 aliphatic heterocycles. The fourth-order valence-corrected chi connectivity index (χ4v) is 2.05. The molecule has 0 bridgehead atoms. The van der Waals surface area contributed by atoms with Crippen molar-refractivity contribution in [2.75, 3.05) is 13.2 Å². The zero-order valence-corrected chi connectivity index (χ0v) is 11.9. The summed E-state index contributed by atoms with van der Waals surface area (Å²) in [6.45, 7) is 7.32. The first kappa shape index (κ1) is 15.5. The van der Waals surface area contributed by atoms with Crippen LogP contribution in [-0.4, -0.2) is 47.5 Å². The molecule has 0 saturated carbocycles. The Morgan fingerprint density at radius 3 is 2.47 bits per heavy atom. The Labute approximate surface area is 113 Å². The molecule has 1 rings (SSSR count). The third kappa shape index (κ3) is 3.24. The molecule has 108 valence electrons. The lowest BCUT2D eigenvalue weighted by Gasteiger charge is -2.33. The number of ether oxygens (including phenoxy) is 2. The molecule has 0 radical (unpaired) electrons. The Morgan fingerprint density at radius 2 is 2.00 bits per heavy atom. The molecule has 0 aliphatic carbocycles. The minimum Gasteiger partial charge on any atom is -0.464 e. The summed E-state index contributed by atoms with van der Waals surface area (Å²) in [7, 11) is 0. The van der Waals surface area contributed by atoms with Crippen LogP contribution in [0.15, 0.2) is 0 Å². The van der Waals surface area contributed by atoms with E-state index >= 15 is 0 Å². The van der Waals surface area contributed by atoms with Crippen molar-refractivity contribution in [2.24, 2.45) is 0 Å². The zero-order chi connectivity index (χ0) is 14.7. The molecule has 0 aromatic heterocycles. The Kier molecular flexibility index (Phi) is 4.55. The van der Waals surface area contributed by atoms with Crippen molar-refractivity contribution < 1.29 is 23.9 Å². The summed E-state index contributed by atoms with van der Waals surface area (Å²) in [5, 5.41) is 0. The first-order valence-corrected chi connectivity index (χ1v) is 6.41. The number of carbonyl (C=O) groups excluding carboxylic acids is 3. The van der Waals surface area contributed by atoms with Crippen LogP contribution < -0.4 is 0 Å². The second-order valence-corrected chi connectivity index (χ2v) is 5.50. The predicted molar refractivity (Wildman–Crippen MR) is 67.6 cm³/mol. The van der Waals surface area contributed by atoms with Crippen LogP contribution in [0.1, 0.15) is 40.5 Å². The lowest BCUT2D eigenvalue weighted by atomic mass is 9.99. The van der Waals surface area contributed by atoms with Crippen LogP contribution in [0, 0.1) is 0 Å². The van der Waals surface area contributed by atoms with Gasteiger partial charge in [-0.15, -0.1) is 0 Å².